The summed E-state index contributed by atoms with van der Waals surface area (Å²) in [4.78, 5) is 14.8. The third kappa shape index (κ3) is 7.08. The Morgan fingerprint density at radius 3 is 2.52 bits per heavy atom. The molecule has 0 aromatic heterocycles. The van der Waals surface area contributed by atoms with Crippen LogP contribution in [0.3, 0.4) is 0 Å². The van der Waals surface area contributed by atoms with Gasteiger partial charge >= 0.3 is 0 Å². The highest BCUT2D eigenvalue weighted by molar-refractivity contribution is 7.98. The van der Waals surface area contributed by atoms with E-state index in [0.717, 1.165) is 60.1 Å². The zero-order valence-electron chi connectivity index (χ0n) is 16.2. The Morgan fingerprint density at radius 2 is 1.79 bits per heavy atom. The van der Waals surface area contributed by atoms with Crippen molar-refractivity contribution in [3.8, 4) is 0 Å². The van der Waals surface area contributed by atoms with Gasteiger partial charge in [-0.15, -0.1) is 0 Å². The van der Waals surface area contributed by atoms with Crippen LogP contribution in [0.2, 0.25) is 15.1 Å². The quantitative estimate of drug-likeness (QED) is 0.486. The number of rotatable bonds is 8. The molecule has 2 aromatic carbocycles. The molecule has 7 heteroatoms. The van der Waals surface area contributed by atoms with Gasteiger partial charge in [0.05, 0.1) is 0 Å². The zero-order chi connectivity index (χ0) is 20.6. The number of benzene rings is 2. The summed E-state index contributed by atoms with van der Waals surface area (Å²) in [5.41, 5.74) is 2.22. The lowest BCUT2D eigenvalue weighted by molar-refractivity contribution is -0.126. The standard InChI is InChI=1S/C22H25Cl3N2OS/c23-19-6-5-17(21(25)13-19)14-27-10-7-16(8-11-27)22(28)26-9-12-29-15-18-3-1-2-4-20(18)24/h1-6,13,16H,7-12,14-15H2,(H,26,28). The second-order valence-electron chi connectivity index (χ2n) is 7.22. The normalized spacial score (nSPS) is 15.4. The van der Waals surface area contributed by atoms with Gasteiger partial charge in [0.25, 0.3) is 0 Å². The molecule has 3 rings (SSSR count). The number of likely N-dealkylation sites (tertiary alicyclic amines) is 1. The summed E-state index contributed by atoms with van der Waals surface area (Å²) >= 11 is 20.2. The molecule has 1 aliphatic rings. The maximum atomic E-state index is 12.4. The Bertz CT molecular complexity index is 825. The highest BCUT2D eigenvalue weighted by atomic mass is 35.5. The van der Waals surface area contributed by atoms with Crippen LogP contribution in [0.1, 0.15) is 24.0 Å². The lowest BCUT2D eigenvalue weighted by atomic mass is 9.95. The average molecular weight is 472 g/mol. The number of carbonyl (C=O) groups is 1. The van der Waals surface area contributed by atoms with Crippen molar-refractivity contribution in [2.75, 3.05) is 25.4 Å². The van der Waals surface area contributed by atoms with Gasteiger partial charge in [-0.1, -0.05) is 59.1 Å². The SMILES string of the molecule is O=C(NCCSCc1ccccc1Cl)C1CCN(Cc2ccc(Cl)cc2Cl)CC1. The van der Waals surface area contributed by atoms with Gasteiger partial charge in [-0.05, 0) is 55.3 Å². The fourth-order valence-corrected chi connectivity index (χ4v) is 5.04. The predicted octanol–water partition coefficient (Wildman–Crippen LogP) is 5.91. The number of hydrogen-bond donors (Lipinski definition) is 1. The van der Waals surface area contributed by atoms with E-state index in [-0.39, 0.29) is 11.8 Å². The summed E-state index contributed by atoms with van der Waals surface area (Å²) in [6.45, 7) is 3.29. The van der Waals surface area contributed by atoms with Crippen molar-refractivity contribution in [2.24, 2.45) is 5.92 Å². The summed E-state index contributed by atoms with van der Waals surface area (Å²) < 4.78 is 0. The highest BCUT2D eigenvalue weighted by Crippen LogP contribution is 2.25. The fraction of sp³-hybridized carbons (Fsp3) is 0.409. The van der Waals surface area contributed by atoms with E-state index in [0.29, 0.717) is 16.6 Å². The van der Waals surface area contributed by atoms with Crippen molar-refractivity contribution in [1.29, 1.82) is 0 Å². The van der Waals surface area contributed by atoms with E-state index < -0.39 is 0 Å². The third-order valence-electron chi connectivity index (χ3n) is 5.13. The van der Waals surface area contributed by atoms with Gasteiger partial charge in [0.2, 0.25) is 5.91 Å². The molecule has 0 saturated carbocycles. The second-order valence-corrected chi connectivity index (χ2v) is 9.58. The first-order chi connectivity index (χ1) is 14.0. The molecule has 0 unspecified atom stereocenters. The van der Waals surface area contributed by atoms with Gasteiger partial charge in [0.15, 0.2) is 0 Å². The summed E-state index contributed by atoms with van der Waals surface area (Å²) in [5.74, 6) is 2.01. The van der Waals surface area contributed by atoms with E-state index in [1.54, 1.807) is 17.8 Å². The summed E-state index contributed by atoms with van der Waals surface area (Å²) in [6, 6.07) is 13.5. The Morgan fingerprint density at radius 1 is 1.03 bits per heavy atom. The molecule has 1 amide bonds. The number of nitrogens with zero attached hydrogens (tertiary/aromatic N) is 1. The molecular formula is C22H25Cl3N2OS. The molecule has 29 heavy (non-hydrogen) atoms. The number of hydrogen-bond acceptors (Lipinski definition) is 3. The van der Waals surface area contributed by atoms with E-state index in [9.17, 15) is 4.79 Å². The molecule has 0 bridgehead atoms. The lowest BCUT2D eigenvalue weighted by Crippen LogP contribution is -2.40. The second kappa shape index (κ2) is 11.5. The van der Waals surface area contributed by atoms with Crippen molar-refractivity contribution in [2.45, 2.75) is 25.1 Å². The fourth-order valence-electron chi connectivity index (χ4n) is 3.43. The van der Waals surface area contributed by atoms with Gasteiger partial charge in [-0.2, -0.15) is 11.8 Å². The van der Waals surface area contributed by atoms with Crippen molar-refractivity contribution in [3.05, 3.63) is 68.7 Å². The molecule has 0 aliphatic carbocycles. The van der Waals surface area contributed by atoms with Crippen LogP contribution in [0.15, 0.2) is 42.5 Å². The van der Waals surface area contributed by atoms with Crippen LogP contribution in [-0.2, 0) is 17.1 Å². The molecule has 1 aliphatic heterocycles. The van der Waals surface area contributed by atoms with Gasteiger partial charge < -0.3 is 5.32 Å². The minimum Gasteiger partial charge on any atom is -0.355 e. The van der Waals surface area contributed by atoms with Gasteiger partial charge in [0, 0.05) is 45.6 Å². The Hall–Kier alpha value is -0.910. The first-order valence-corrected chi connectivity index (χ1v) is 12.1. The van der Waals surface area contributed by atoms with Crippen LogP contribution in [-0.4, -0.2) is 36.2 Å². The average Bonchev–Trinajstić information content (AvgIpc) is 2.71. The van der Waals surface area contributed by atoms with Crippen molar-refractivity contribution < 1.29 is 4.79 Å². The molecule has 2 aromatic rings. The summed E-state index contributed by atoms with van der Waals surface area (Å²) in [7, 11) is 0. The van der Waals surface area contributed by atoms with E-state index in [1.165, 1.54) is 0 Å². The molecule has 1 N–H and O–H groups in total. The van der Waals surface area contributed by atoms with Crippen LogP contribution >= 0.6 is 46.6 Å². The zero-order valence-corrected chi connectivity index (χ0v) is 19.3. The molecule has 1 saturated heterocycles. The molecule has 1 heterocycles. The third-order valence-corrected chi connectivity index (χ3v) is 7.09. The number of halogens is 3. The smallest absolute Gasteiger partial charge is 0.223 e. The monoisotopic (exact) mass is 470 g/mol. The molecule has 0 radical (unpaired) electrons. The highest BCUT2D eigenvalue weighted by Gasteiger charge is 2.25. The van der Waals surface area contributed by atoms with E-state index >= 15 is 0 Å². The Balaban J connectivity index is 1.33. The number of carbonyl (C=O) groups excluding carboxylic acids is 1. The van der Waals surface area contributed by atoms with Crippen molar-refractivity contribution in [1.82, 2.24) is 10.2 Å². The number of nitrogens with one attached hydrogen (secondary N) is 1. The minimum absolute atomic E-state index is 0.0977. The van der Waals surface area contributed by atoms with Crippen LogP contribution in [0.5, 0.6) is 0 Å². The maximum absolute atomic E-state index is 12.4. The topological polar surface area (TPSA) is 32.3 Å². The minimum atomic E-state index is 0.0977. The van der Waals surface area contributed by atoms with Crippen molar-refractivity contribution in [3.63, 3.8) is 0 Å². The van der Waals surface area contributed by atoms with Crippen LogP contribution < -0.4 is 5.32 Å². The molecule has 156 valence electrons. The Labute approximate surface area is 192 Å². The number of thioether (sulfide) groups is 1. The van der Waals surface area contributed by atoms with E-state index in [4.69, 9.17) is 34.8 Å². The predicted molar refractivity (Wildman–Crippen MR) is 125 cm³/mol. The molecule has 0 atom stereocenters. The number of amides is 1. The first kappa shape index (κ1) is 22.8. The van der Waals surface area contributed by atoms with Crippen LogP contribution in [0.4, 0.5) is 0 Å². The Kier molecular flexibility index (Phi) is 9.01. The van der Waals surface area contributed by atoms with Crippen LogP contribution in [0, 0.1) is 5.92 Å². The molecule has 1 fully saturated rings. The summed E-state index contributed by atoms with van der Waals surface area (Å²) in [6.07, 6.45) is 1.76. The van der Waals surface area contributed by atoms with E-state index in [2.05, 4.69) is 10.2 Å². The maximum Gasteiger partial charge on any atom is 0.223 e. The van der Waals surface area contributed by atoms with Gasteiger partial charge in [-0.3, -0.25) is 9.69 Å². The van der Waals surface area contributed by atoms with Gasteiger partial charge in [0.1, 0.15) is 0 Å². The number of piperidine rings is 1. The van der Waals surface area contributed by atoms with Crippen molar-refractivity contribution >= 4 is 52.5 Å². The molecule has 3 nitrogen and oxygen atoms in total. The van der Waals surface area contributed by atoms with Gasteiger partial charge in [-0.25, -0.2) is 0 Å². The van der Waals surface area contributed by atoms with Crippen LogP contribution in [0.25, 0.3) is 0 Å². The summed E-state index contributed by atoms with van der Waals surface area (Å²) in [5, 5.41) is 5.24. The first-order valence-electron chi connectivity index (χ1n) is 9.78. The lowest BCUT2D eigenvalue weighted by Gasteiger charge is -2.31. The molecule has 0 spiro atoms. The molecular weight excluding hydrogens is 447 g/mol. The largest absolute Gasteiger partial charge is 0.355 e. The van der Waals surface area contributed by atoms with E-state index in [1.807, 2.05) is 36.4 Å².